The van der Waals surface area contributed by atoms with Crippen LogP contribution < -0.4 is 4.74 Å². The monoisotopic (exact) mass is 445 g/mol. The summed E-state index contributed by atoms with van der Waals surface area (Å²) >= 11 is 6.34. The number of hydrogen-bond acceptors (Lipinski definition) is 3. The molecule has 2 aliphatic rings. The molecule has 31 heavy (non-hydrogen) atoms. The van der Waals surface area contributed by atoms with E-state index in [-0.39, 0.29) is 17.9 Å². The Bertz CT molecular complexity index is 915. The van der Waals surface area contributed by atoms with E-state index in [2.05, 4.69) is 19.2 Å². The number of carbonyl (C=O) groups is 1. The zero-order valence-electron chi connectivity index (χ0n) is 19.2. The standard InChI is InChI=1S/C23H28ClN2O3.C2H6/c1-4-25(5-2)23(27)28-15-26(3)13-19-17-8-6-7-9-21(17)29-22-11-10-16(24)12-18(22)20(19)14-26;1-2/h6-12,19-20H,4-5,13-15H2,1-3H3;1-2H3/q+1;. The third kappa shape index (κ3) is 4.83. The van der Waals surface area contributed by atoms with E-state index < -0.39 is 0 Å². The number of halogens is 1. The van der Waals surface area contributed by atoms with Gasteiger partial charge < -0.3 is 14.4 Å². The molecule has 0 aromatic heterocycles. The van der Waals surface area contributed by atoms with E-state index in [1.165, 1.54) is 5.56 Å². The number of hydrogen-bond donors (Lipinski definition) is 0. The van der Waals surface area contributed by atoms with Gasteiger partial charge in [-0.15, -0.1) is 0 Å². The van der Waals surface area contributed by atoms with E-state index in [0.29, 0.717) is 29.3 Å². The maximum atomic E-state index is 12.4. The minimum Gasteiger partial charge on any atom is -0.457 e. The Morgan fingerprint density at radius 3 is 2.35 bits per heavy atom. The maximum absolute atomic E-state index is 12.4. The smallest absolute Gasteiger partial charge is 0.414 e. The van der Waals surface area contributed by atoms with Crippen LogP contribution in [0.15, 0.2) is 42.5 Å². The van der Waals surface area contributed by atoms with E-state index >= 15 is 0 Å². The van der Waals surface area contributed by atoms with Crippen LogP contribution in [0, 0.1) is 0 Å². The second-order valence-corrected chi connectivity index (χ2v) is 8.67. The Kier molecular flexibility index (Phi) is 7.50. The van der Waals surface area contributed by atoms with Gasteiger partial charge in [-0.05, 0) is 38.1 Å². The van der Waals surface area contributed by atoms with Gasteiger partial charge in [0, 0.05) is 41.1 Å². The highest BCUT2D eigenvalue weighted by atomic mass is 35.5. The zero-order chi connectivity index (χ0) is 22.6. The summed E-state index contributed by atoms with van der Waals surface area (Å²) in [6.45, 7) is 11.3. The van der Waals surface area contributed by atoms with E-state index in [1.807, 2.05) is 58.0 Å². The normalized spacial score (nSPS) is 23.2. The number of quaternary nitrogens is 1. The van der Waals surface area contributed by atoms with E-state index in [4.69, 9.17) is 21.1 Å². The highest BCUT2D eigenvalue weighted by Crippen LogP contribution is 2.51. The predicted octanol–water partition coefficient (Wildman–Crippen LogP) is 6.24. The second kappa shape index (κ2) is 9.92. The fourth-order valence-corrected chi connectivity index (χ4v) is 4.88. The first-order chi connectivity index (χ1) is 14.9. The lowest BCUT2D eigenvalue weighted by Crippen LogP contribution is -2.46. The Morgan fingerprint density at radius 1 is 1.06 bits per heavy atom. The summed E-state index contributed by atoms with van der Waals surface area (Å²) in [6.07, 6.45) is -0.242. The quantitative estimate of drug-likeness (QED) is 0.523. The van der Waals surface area contributed by atoms with Gasteiger partial charge in [-0.1, -0.05) is 43.6 Å². The Labute approximate surface area is 191 Å². The van der Waals surface area contributed by atoms with Crippen LogP contribution in [0.3, 0.4) is 0 Å². The molecule has 0 radical (unpaired) electrons. The van der Waals surface area contributed by atoms with Crippen LogP contribution >= 0.6 is 11.6 Å². The number of benzene rings is 2. The van der Waals surface area contributed by atoms with Crippen LogP contribution in [0.1, 0.15) is 50.7 Å². The SMILES string of the molecule is CC.CCN(CC)C(=O)OC[N+]1(C)CC2c3ccccc3Oc3ccc(Cl)cc3C2C1. The number of nitrogens with zero attached hydrogens (tertiary/aromatic N) is 2. The van der Waals surface area contributed by atoms with Crippen molar-refractivity contribution in [2.24, 2.45) is 0 Å². The lowest BCUT2D eigenvalue weighted by Gasteiger charge is -2.30. The zero-order valence-corrected chi connectivity index (χ0v) is 20.0. The number of fused-ring (bicyclic) bond motifs is 5. The van der Waals surface area contributed by atoms with Crippen molar-refractivity contribution in [3.05, 3.63) is 58.6 Å². The molecule has 6 heteroatoms. The Hall–Kier alpha value is -2.24. The van der Waals surface area contributed by atoms with Crippen molar-refractivity contribution in [3.8, 4) is 11.5 Å². The molecule has 4 rings (SSSR count). The maximum Gasteiger partial charge on any atom is 0.414 e. The van der Waals surface area contributed by atoms with Gasteiger partial charge in [-0.25, -0.2) is 4.79 Å². The van der Waals surface area contributed by atoms with Crippen LogP contribution in [-0.4, -0.2) is 55.4 Å². The molecule has 3 atom stereocenters. The van der Waals surface area contributed by atoms with Crippen LogP contribution in [0.25, 0.3) is 0 Å². The molecule has 3 unspecified atom stereocenters. The molecule has 1 fully saturated rings. The van der Waals surface area contributed by atoms with Gasteiger partial charge in [0.1, 0.15) is 11.5 Å². The Balaban J connectivity index is 0.00000132. The molecule has 0 bridgehead atoms. The summed E-state index contributed by atoms with van der Waals surface area (Å²) in [6, 6.07) is 14.1. The third-order valence-electron chi connectivity index (χ3n) is 6.19. The van der Waals surface area contributed by atoms with Gasteiger partial charge in [0.2, 0.25) is 6.73 Å². The minimum absolute atomic E-state index is 0.242. The number of ether oxygens (including phenoxy) is 2. The van der Waals surface area contributed by atoms with Crippen molar-refractivity contribution in [2.45, 2.75) is 39.5 Å². The van der Waals surface area contributed by atoms with Crippen molar-refractivity contribution >= 4 is 17.7 Å². The number of rotatable bonds is 4. The largest absolute Gasteiger partial charge is 0.457 e. The van der Waals surface area contributed by atoms with Crippen molar-refractivity contribution in [3.63, 3.8) is 0 Å². The topological polar surface area (TPSA) is 38.8 Å². The molecule has 2 heterocycles. The molecule has 0 spiro atoms. The molecule has 2 aliphatic heterocycles. The number of likely N-dealkylation sites (tertiary alicyclic amines) is 1. The molecule has 2 aromatic rings. The first-order valence-corrected chi connectivity index (χ1v) is 11.6. The van der Waals surface area contributed by atoms with Gasteiger partial charge in [-0.2, -0.15) is 0 Å². The molecule has 1 saturated heterocycles. The first kappa shape index (κ1) is 23.4. The molecule has 0 saturated carbocycles. The lowest BCUT2D eigenvalue weighted by molar-refractivity contribution is -0.915. The number of carbonyl (C=O) groups excluding carboxylic acids is 1. The van der Waals surface area contributed by atoms with Crippen LogP contribution in [0.2, 0.25) is 5.02 Å². The van der Waals surface area contributed by atoms with Crippen molar-refractivity contribution in [1.82, 2.24) is 4.90 Å². The average Bonchev–Trinajstić information content (AvgIpc) is 3.08. The van der Waals surface area contributed by atoms with E-state index in [9.17, 15) is 4.79 Å². The lowest BCUT2D eigenvalue weighted by atomic mass is 9.84. The molecule has 1 amide bonds. The van der Waals surface area contributed by atoms with Gasteiger partial charge in [0.25, 0.3) is 0 Å². The van der Waals surface area contributed by atoms with Gasteiger partial charge >= 0.3 is 6.09 Å². The highest BCUT2D eigenvalue weighted by molar-refractivity contribution is 6.30. The number of amides is 1. The molecular weight excluding hydrogens is 412 g/mol. The fourth-order valence-electron chi connectivity index (χ4n) is 4.70. The first-order valence-electron chi connectivity index (χ1n) is 11.3. The summed E-state index contributed by atoms with van der Waals surface area (Å²) in [5.74, 6) is 2.30. The molecule has 5 nitrogen and oxygen atoms in total. The molecule has 168 valence electrons. The van der Waals surface area contributed by atoms with Crippen molar-refractivity contribution < 1.29 is 18.8 Å². The summed E-state index contributed by atoms with van der Waals surface area (Å²) in [5, 5.41) is 0.714. The number of likely N-dealkylation sites (N-methyl/N-ethyl adjacent to an activating group) is 1. The van der Waals surface area contributed by atoms with Crippen LogP contribution in [0.5, 0.6) is 11.5 Å². The molecular formula is C25H34ClN2O3+. The van der Waals surface area contributed by atoms with Crippen molar-refractivity contribution in [2.75, 3.05) is 40.0 Å². The fraction of sp³-hybridized carbons (Fsp3) is 0.480. The van der Waals surface area contributed by atoms with E-state index in [1.54, 1.807) is 4.90 Å². The number of para-hydroxylation sites is 1. The molecule has 2 aromatic carbocycles. The van der Waals surface area contributed by atoms with Crippen LogP contribution in [-0.2, 0) is 4.74 Å². The second-order valence-electron chi connectivity index (χ2n) is 8.23. The van der Waals surface area contributed by atoms with E-state index in [0.717, 1.165) is 30.2 Å². The third-order valence-corrected chi connectivity index (χ3v) is 6.43. The Morgan fingerprint density at radius 2 is 1.68 bits per heavy atom. The minimum atomic E-state index is -0.242. The summed E-state index contributed by atoms with van der Waals surface area (Å²) in [7, 11) is 2.16. The van der Waals surface area contributed by atoms with Gasteiger partial charge in [-0.3, -0.25) is 4.48 Å². The summed E-state index contributed by atoms with van der Waals surface area (Å²) < 4.78 is 12.6. The van der Waals surface area contributed by atoms with Crippen molar-refractivity contribution in [1.29, 1.82) is 0 Å². The summed E-state index contributed by atoms with van der Waals surface area (Å²) in [5.41, 5.74) is 2.34. The van der Waals surface area contributed by atoms with Crippen LogP contribution in [0.4, 0.5) is 4.79 Å². The van der Waals surface area contributed by atoms with Gasteiger partial charge in [0.15, 0.2) is 0 Å². The predicted molar refractivity (Wildman–Crippen MR) is 125 cm³/mol. The molecule has 0 aliphatic carbocycles. The average molecular weight is 446 g/mol. The summed E-state index contributed by atoms with van der Waals surface area (Å²) in [4.78, 5) is 14.1. The van der Waals surface area contributed by atoms with Gasteiger partial charge in [0.05, 0.1) is 20.1 Å². The highest BCUT2D eigenvalue weighted by Gasteiger charge is 2.48. The molecule has 0 N–H and O–H groups in total.